The summed E-state index contributed by atoms with van der Waals surface area (Å²) >= 11 is 0. The molecule has 3 fully saturated rings. The van der Waals surface area contributed by atoms with Gasteiger partial charge in [0, 0.05) is 0 Å². The number of aliphatic hydroxyl groups is 2. The molecule has 7 atom stereocenters. The van der Waals surface area contributed by atoms with Gasteiger partial charge in [-0.15, -0.1) is 6.58 Å². The number of hydrogen-bond donors (Lipinski definition) is 2. The number of allylic oxidation sites excluding steroid dienone is 3. The molecular weight excluding hydrogens is 468 g/mol. The molecular formula is C31H54O6. The van der Waals surface area contributed by atoms with Gasteiger partial charge in [-0.3, -0.25) is 0 Å². The molecule has 6 nitrogen and oxygen atoms in total. The van der Waals surface area contributed by atoms with Gasteiger partial charge in [0.25, 0.3) is 0 Å². The van der Waals surface area contributed by atoms with Gasteiger partial charge in [-0.1, -0.05) is 17.7 Å². The van der Waals surface area contributed by atoms with E-state index >= 15 is 0 Å². The van der Waals surface area contributed by atoms with Crippen molar-refractivity contribution in [1.82, 2.24) is 0 Å². The quantitative estimate of drug-likeness (QED) is 0.290. The SMILES string of the molecule is C=CCC/C(C)=C/CC[C@@](C)(O)[C@@H]1CC[C@@H]([C@@]2(C)CC[C@@H]([C@](C)(O)CC[C@H]3OC(C)(C)OC3(C)C)O2)O1. The van der Waals surface area contributed by atoms with Crippen molar-refractivity contribution in [2.75, 3.05) is 0 Å². The number of ether oxygens (including phenoxy) is 4. The summed E-state index contributed by atoms with van der Waals surface area (Å²) in [6, 6.07) is 0. The molecule has 0 aromatic carbocycles. The largest absolute Gasteiger partial charge is 0.387 e. The zero-order chi connectivity index (χ0) is 27.7. The van der Waals surface area contributed by atoms with Crippen LogP contribution in [0, 0.1) is 0 Å². The van der Waals surface area contributed by atoms with E-state index in [2.05, 4.69) is 26.5 Å². The maximum absolute atomic E-state index is 11.4. The van der Waals surface area contributed by atoms with Gasteiger partial charge in [-0.25, -0.2) is 0 Å². The third kappa shape index (κ3) is 7.67. The van der Waals surface area contributed by atoms with Crippen LogP contribution < -0.4 is 0 Å². The normalized spacial score (nSPS) is 36.9. The van der Waals surface area contributed by atoms with E-state index in [1.807, 2.05) is 47.6 Å². The monoisotopic (exact) mass is 522 g/mol. The predicted molar refractivity (Wildman–Crippen MR) is 147 cm³/mol. The zero-order valence-electron chi connectivity index (χ0n) is 24.8. The standard InChI is InChI=1S/C31H54O6/c1-10-11-13-22(2)14-12-19-29(7,32)24-15-16-26(34-24)31(9)21-18-25(36-31)30(8,33)20-17-23-27(3,4)37-28(5,6)35-23/h10,14,23-26,32-33H,1,11-13,15-21H2,2-9H3/b22-14+/t23-,24+,25+,26+,29-,30-,31-/m1/s1. The van der Waals surface area contributed by atoms with Gasteiger partial charge in [0.2, 0.25) is 0 Å². The van der Waals surface area contributed by atoms with Crippen molar-refractivity contribution < 1.29 is 29.2 Å². The summed E-state index contributed by atoms with van der Waals surface area (Å²) < 4.78 is 25.2. The average molecular weight is 523 g/mol. The van der Waals surface area contributed by atoms with Gasteiger partial charge in [0.05, 0.1) is 46.8 Å². The minimum absolute atomic E-state index is 0.0801. The summed E-state index contributed by atoms with van der Waals surface area (Å²) in [4.78, 5) is 0. The lowest BCUT2D eigenvalue weighted by atomic mass is 9.86. The summed E-state index contributed by atoms with van der Waals surface area (Å²) in [6.45, 7) is 19.8. The second kappa shape index (κ2) is 11.4. The fourth-order valence-electron chi connectivity index (χ4n) is 6.48. The first-order valence-electron chi connectivity index (χ1n) is 14.4. The first kappa shape index (κ1) is 30.8. The Morgan fingerprint density at radius 1 is 0.946 bits per heavy atom. The molecule has 3 saturated heterocycles. The van der Waals surface area contributed by atoms with Crippen molar-refractivity contribution in [1.29, 1.82) is 0 Å². The Kier molecular flexibility index (Phi) is 9.47. The highest BCUT2D eigenvalue weighted by molar-refractivity contribution is 5.04. The van der Waals surface area contributed by atoms with E-state index in [1.54, 1.807) is 0 Å². The summed E-state index contributed by atoms with van der Waals surface area (Å²) in [5, 5.41) is 22.6. The third-order valence-electron chi connectivity index (χ3n) is 8.91. The van der Waals surface area contributed by atoms with E-state index in [0.29, 0.717) is 19.3 Å². The molecule has 0 aromatic heterocycles. The lowest BCUT2D eigenvalue weighted by molar-refractivity contribution is -0.185. The predicted octanol–water partition coefficient (Wildman–Crippen LogP) is 6.38. The molecule has 3 heterocycles. The lowest BCUT2D eigenvalue weighted by Crippen LogP contribution is -2.47. The Balaban J connectivity index is 1.52. The van der Waals surface area contributed by atoms with Gasteiger partial charge in [0.1, 0.15) is 0 Å². The van der Waals surface area contributed by atoms with Crippen LogP contribution in [0.15, 0.2) is 24.3 Å². The van der Waals surface area contributed by atoms with E-state index in [9.17, 15) is 10.2 Å². The molecule has 0 aliphatic carbocycles. The fourth-order valence-corrected chi connectivity index (χ4v) is 6.48. The molecule has 0 unspecified atom stereocenters. The Labute approximate surface area is 225 Å². The smallest absolute Gasteiger partial charge is 0.164 e. The Hall–Kier alpha value is -0.760. The summed E-state index contributed by atoms with van der Waals surface area (Å²) in [6.07, 6.45) is 11.6. The van der Waals surface area contributed by atoms with E-state index < -0.39 is 28.2 Å². The molecule has 3 rings (SSSR count). The summed E-state index contributed by atoms with van der Waals surface area (Å²) in [5.74, 6) is -0.610. The number of hydrogen-bond acceptors (Lipinski definition) is 6. The van der Waals surface area contributed by atoms with Crippen molar-refractivity contribution in [2.24, 2.45) is 0 Å². The second-order valence-corrected chi connectivity index (χ2v) is 13.5. The van der Waals surface area contributed by atoms with E-state index in [1.165, 1.54) is 5.57 Å². The molecule has 37 heavy (non-hydrogen) atoms. The second-order valence-electron chi connectivity index (χ2n) is 13.5. The van der Waals surface area contributed by atoms with E-state index in [4.69, 9.17) is 18.9 Å². The molecule has 0 bridgehead atoms. The molecule has 214 valence electrons. The molecule has 0 spiro atoms. The highest BCUT2D eigenvalue weighted by atomic mass is 16.8. The number of rotatable bonds is 12. The fraction of sp³-hybridized carbons (Fsp3) is 0.871. The van der Waals surface area contributed by atoms with Crippen LogP contribution in [0.25, 0.3) is 0 Å². The molecule has 0 amide bonds. The maximum Gasteiger partial charge on any atom is 0.164 e. The molecule has 0 radical (unpaired) electrons. The molecule has 3 aliphatic rings. The molecule has 3 aliphatic heterocycles. The maximum atomic E-state index is 11.4. The Bertz CT molecular complexity index is 813. The topological polar surface area (TPSA) is 77.4 Å². The molecule has 2 N–H and O–H groups in total. The van der Waals surface area contributed by atoms with Crippen LogP contribution in [0.4, 0.5) is 0 Å². The van der Waals surface area contributed by atoms with Crippen LogP contribution >= 0.6 is 0 Å². The van der Waals surface area contributed by atoms with E-state index in [-0.39, 0.29) is 24.4 Å². The van der Waals surface area contributed by atoms with Crippen molar-refractivity contribution in [3.63, 3.8) is 0 Å². The van der Waals surface area contributed by atoms with Gasteiger partial charge < -0.3 is 29.2 Å². The summed E-state index contributed by atoms with van der Waals surface area (Å²) in [7, 11) is 0. The van der Waals surface area contributed by atoms with Gasteiger partial charge >= 0.3 is 0 Å². The van der Waals surface area contributed by atoms with Crippen LogP contribution in [-0.4, -0.2) is 62.8 Å². The van der Waals surface area contributed by atoms with Crippen molar-refractivity contribution in [3.8, 4) is 0 Å². The van der Waals surface area contributed by atoms with Crippen LogP contribution in [0.5, 0.6) is 0 Å². The van der Waals surface area contributed by atoms with Crippen LogP contribution in [-0.2, 0) is 18.9 Å². The molecule has 0 saturated carbocycles. The lowest BCUT2D eigenvalue weighted by Gasteiger charge is -2.37. The van der Waals surface area contributed by atoms with Gasteiger partial charge in [-0.05, 0) is 120 Å². The minimum atomic E-state index is -0.969. The minimum Gasteiger partial charge on any atom is -0.387 e. The van der Waals surface area contributed by atoms with Gasteiger partial charge in [-0.2, -0.15) is 0 Å². The molecule has 6 heteroatoms. The van der Waals surface area contributed by atoms with E-state index in [0.717, 1.165) is 44.9 Å². The highest BCUT2D eigenvalue weighted by Gasteiger charge is 2.53. The average Bonchev–Trinajstić information content (AvgIpc) is 3.47. The third-order valence-corrected chi connectivity index (χ3v) is 8.91. The van der Waals surface area contributed by atoms with Crippen molar-refractivity contribution in [3.05, 3.63) is 24.3 Å². The van der Waals surface area contributed by atoms with Crippen LogP contribution in [0.2, 0.25) is 0 Å². The summed E-state index contributed by atoms with van der Waals surface area (Å²) in [5.41, 5.74) is -1.37. The van der Waals surface area contributed by atoms with Crippen molar-refractivity contribution in [2.45, 2.75) is 172 Å². The first-order chi connectivity index (χ1) is 17.0. The van der Waals surface area contributed by atoms with Crippen LogP contribution in [0.3, 0.4) is 0 Å². The Morgan fingerprint density at radius 3 is 2.24 bits per heavy atom. The highest BCUT2D eigenvalue weighted by Crippen LogP contribution is 2.46. The Morgan fingerprint density at radius 2 is 1.62 bits per heavy atom. The van der Waals surface area contributed by atoms with Crippen LogP contribution in [0.1, 0.15) is 120 Å². The van der Waals surface area contributed by atoms with Crippen molar-refractivity contribution >= 4 is 0 Å². The zero-order valence-corrected chi connectivity index (χ0v) is 24.8. The first-order valence-corrected chi connectivity index (χ1v) is 14.4. The molecule has 0 aromatic rings. The van der Waals surface area contributed by atoms with Gasteiger partial charge in [0.15, 0.2) is 5.79 Å².